The molecule has 74 valence electrons. The van der Waals surface area contributed by atoms with E-state index in [9.17, 15) is 0 Å². The van der Waals surface area contributed by atoms with E-state index >= 15 is 0 Å². The Morgan fingerprint density at radius 1 is 1.25 bits per heavy atom. The molecule has 0 rings (SSSR count). The van der Waals surface area contributed by atoms with E-state index in [0.717, 1.165) is 5.92 Å². The van der Waals surface area contributed by atoms with Crippen LogP contribution in [0.3, 0.4) is 0 Å². The Morgan fingerprint density at radius 3 is 2.00 bits per heavy atom. The molecule has 0 saturated carbocycles. The number of nitrogens with one attached hydrogen (secondary N) is 1. The van der Waals surface area contributed by atoms with Gasteiger partial charge in [-0.2, -0.15) is 0 Å². The largest absolute Gasteiger partial charge is 0.317 e. The van der Waals surface area contributed by atoms with Gasteiger partial charge in [-0.3, -0.25) is 0 Å². The molecular formula is C11H25N. The van der Waals surface area contributed by atoms with E-state index in [2.05, 4.69) is 47.0 Å². The van der Waals surface area contributed by atoms with Gasteiger partial charge in [0.2, 0.25) is 0 Å². The van der Waals surface area contributed by atoms with E-state index < -0.39 is 0 Å². The predicted octanol–water partition coefficient (Wildman–Crippen LogP) is 3.06. The van der Waals surface area contributed by atoms with Gasteiger partial charge in [0, 0.05) is 6.04 Å². The fraction of sp³-hybridized carbons (Fsp3) is 1.00. The second-order valence-electron chi connectivity index (χ2n) is 4.18. The molecule has 3 unspecified atom stereocenters. The van der Waals surface area contributed by atoms with Crippen LogP contribution in [0.2, 0.25) is 0 Å². The van der Waals surface area contributed by atoms with Crippen molar-refractivity contribution in [3.05, 3.63) is 0 Å². The molecular weight excluding hydrogens is 146 g/mol. The number of hydrogen-bond donors (Lipinski definition) is 1. The Hall–Kier alpha value is -0.0400. The third-order valence-electron chi connectivity index (χ3n) is 3.92. The Morgan fingerprint density at radius 2 is 1.75 bits per heavy atom. The molecule has 0 aliphatic rings. The fourth-order valence-electron chi connectivity index (χ4n) is 1.88. The Balaban J connectivity index is 4.42. The standard InChI is InChI=1S/C11H25N/c1-7-9(3)11(5,8-2)10(4)12-6/h9-10,12H,7-8H2,1-6H3. The molecule has 0 fully saturated rings. The molecule has 0 aromatic rings. The lowest BCUT2D eigenvalue weighted by atomic mass is 9.70. The van der Waals surface area contributed by atoms with Crippen LogP contribution in [0, 0.1) is 11.3 Å². The van der Waals surface area contributed by atoms with Crippen LogP contribution in [0.4, 0.5) is 0 Å². The zero-order valence-corrected chi connectivity index (χ0v) is 9.57. The number of hydrogen-bond acceptors (Lipinski definition) is 1. The van der Waals surface area contributed by atoms with Crippen molar-refractivity contribution in [2.24, 2.45) is 11.3 Å². The first-order valence-electron chi connectivity index (χ1n) is 5.20. The summed E-state index contributed by atoms with van der Waals surface area (Å²) in [5.74, 6) is 0.796. The summed E-state index contributed by atoms with van der Waals surface area (Å²) in [4.78, 5) is 0. The third kappa shape index (κ3) is 2.22. The molecule has 1 nitrogen and oxygen atoms in total. The lowest BCUT2D eigenvalue weighted by Crippen LogP contribution is -2.43. The first-order chi connectivity index (χ1) is 5.52. The molecule has 0 amide bonds. The van der Waals surface area contributed by atoms with Crippen LogP contribution in [-0.2, 0) is 0 Å². The smallest absolute Gasteiger partial charge is 0.00919 e. The monoisotopic (exact) mass is 171 g/mol. The Bertz CT molecular complexity index is 110. The van der Waals surface area contributed by atoms with Crippen LogP contribution in [0.25, 0.3) is 0 Å². The summed E-state index contributed by atoms with van der Waals surface area (Å²) < 4.78 is 0. The van der Waals surface area contributed by atoms with Crippen LogP contribution < -0.4 is 5.32 Å². The zero-order chi connectivity index (χ0) is 9.78. The van der Waals surface area contributed by atoms with Crippen molar-refractivity contribution in [1.82, 2.24) is 5.32 Å². The van der Waals surface area contributed by atoms with Gasteiger partial charge in [0.25, 0.3) is 0 Å². The SMILES string of the molecule is CCC(C)C(C)(CC)C(C)NC. The summed E-state index contributed by atoms with van der Waals surface area (Å²) in [5.41, 5.74) is 0.448. The van der Waals surface area contributed by atoms with Gasteiger partial charge in [-0.25, -0.2) is 0 Å². The van der Waals surface area contributed by atoms with Crippen molar-refractivity contribution >= 4 is 0 Å². The molecule has 0 saturated heterocycles. The molecule has 0 aromatic carbocycles. The average molecular weight is 171 g/mol. The van der Waals surface area contributed by atoms with E-state index in [1.54, 1.807) is 0 Å². The lowest BCUT2D eigenvalue weighted by Gasteiger charge is -2.40. The van der Waals surface area contributed by atoms with Gasteiger partial charge in [-0.15, -0.1) is 0 Å². The van der Waals surface area contributed by atoms with Crippen molar-refractivity contribution in [3.63, 3.8) is 0 Å². The highest BCUT2D eigenvalue weighted by Crippen LogP contribution is 2.36. The van der Waals surface area contributed by atoms with Crippen molar-refractivity contribution in [1.29, 1.82) is 0 Å². The summed E-state index contributed by atoms with van der Waals surface area (Å²) in [6.45, 7) is 11.6. The molecule has 0 aromatic heterocycles. The fourth-order valence-corrected chi connectivity index (χ4v) is 1.88. The average Bonchev–Trinajstić information content (AvgIpc) is 2.13. The maximum atomic E-state index is 3.37. The van der Waals surface area contributed by atoms with Gasteiger partial charge < -0.3 is 5.32 Å². The maximum absolute atomic E-state index is 3.37. The normalized spacial score (nSPS) is 21.5. The van der Waals surface area contributed by atoms with E-state index in [0.29, 0.717) is 11.5 Å². The van der Waals surface area contributed by atoms with E-state index in [1.165, 1.54) is 12.8 Å². The van der Waals surface area contributed by atoms with Crippen molar-refractivity contribution in [3.8, 4) is 0 Å². The molecule has 1 N–H and O–H groups in total. The quantitative estimate of drug-likeness (QED) is 0.670. The summed E-state index contributed by atoms with van der Waals surface area (Å²) in [6.07, 6.45) is 2.53. The first-order valence-corrected chi connectivity index (χ1v) is 5.20. The summed E-state index contributed by atoms with van der Waals surface area (Å²) >= 11 is 0. The van der Waals surface area contributed by atoms with Crippen LogP contribution in [0.1, 0.15) is 47.5 Å². The maximum Gasteiger partial charge on any atom is 0.00919 e. The molecule has 3 atom stereocenters. The van der Waals surface area contributed by atoms with Crippen LogP contribution in [0.5, 0.6) is 0 Å². The summed E-state index contributed by atoms with van der Waals surface area (Å²) in [5, 5.41) is 3.37. The second-order valence-corrected chi connectivity index (χ2v) is 4.18. The third-order valence-corrected chi connectivity index (χ3v) is 3.92. The van der Waals surface area contributed by atoms with Crippen LogP contribution >= 0.6 is 0 Å². The zero-order valence-electron chi connectivity index (χ0n) is 9.57. The van der Waals surface area contributed by atoms with Gasteiger partial charge in [-0.05, 0) is 31.7 Å². The highest BCUT2D eigenvalue weighted by molar-refractivity contribution is 4.86. The van der Waals surface area contributed by atoms with Crippen LogP contribution in [0.15, 0.2) is 0 Å². The molecule has 0 aliphatic carbocycles. The van der Waals surface area contributed by atoms with Gasteiger partial charge in [0.1, 0.15) is 0 Å². The minimum atomic E-state index is 0.448. The predicted molar refractivity (Wildman–Crippen MR) is 56.4 cm³/mol. The van der Waals surface area contributed by atoms with Crippen LogP contribution in [-0.4, -0.2) is 13.1 Å². The van der Waals surface area contributed by atoms with Gasteiger partial charge in [-0.1, -0.05) is 34.1 Å². The van der Waals surface area contributed by atoms with Gasteiger partial charge >= 0.3 is 0 Å². The molecule has 1 heteroatoms. The number of rotatable bonds is 5. The lowest BCUT2D eigenvalue weighted by molar-refractivity contribution is 0.133. The molecule has 0 radical (unpaired) electrons. The van der Waals surface area contributed by atoms with E-state index in [4.69, 9.17) is 0 Å². The summed E-state index contributed by atoms with van der Waals surface area (Å²) in [7, 11) is 2.06. The first kappa shape index (κ1) is 12.0. The van der Waals surface area contributed by atoms with Crippen molar-refractivity contribution in [2.75, 3.05) is 7.05 Å². The highest BCUT2D eigenvalue weighted by atomic mass is 14.9. The molecule has 12 heavy (non-hydrogen) atoms. The van der Waals surface area contributed by atoms with E-state index in [-0.39, 0.29) is 0 Å². The molecule has 0 spiro atoms. The van der Waals surface area contributed by atoms with Gasteiger partial charge in [0.05, 0.1) is 0 Å². The highest BCUT2D eigenvalue weighted by Gasteiger charge is 2.32. The Kier molecular flexibility index (Phi) is 4.84. The van der Waals surface area contributed by atoms with Gasteiger partial charge in [0.15, 0.2) is 0 Å². The topological polar surface area (TPSA) is 12.0 Å². The van der Waals surface area contributed by atoms with E-state index in [1.807, 2.05) is 0 Å². The molecule has 0 heterocycles. The van der Waals surface area contributed by atoms with Crippen molar-refractivity contribution in [2.45, 2.75) is 53.5 Å². The summed E-state index contributed by atoms with van der Waals surface area (Å²) in [6, 6.07) is 0.609. The second kappa shape index (κ2) is 4.86. The molecule has 0 bridgehead atoms. The Labute approximate surface area is 77.9 Å². The van der Waals surface area contributed by atoms with Crippen molar-refractivity contribution < 1.29 is 0 Å². The molecule has 0 aliphatic heterocycles. The minimum absolute atomic E-state index is 0.448. The minimum Gasteiger partial charge on any atom is -0.317 e.